The van der Waals surface area contributed by atoms with E-state index in [2.05, 4.69) is 52.6 Å². The Morgan fingerprint density at radius 3 is 2.61 bits per heavy atom. The fourth-order valence-corrected chi connectivity index (χ4v) is 2.41. The first-order valence-electron chi connectivity index (χ1n) is 8.04. The molecule has 1 heterocycles. The standard InChI is InChI=1S/C18H26N4O/c1-13(2)15-8-5-6-9-16(15)22-18-12-17(20-14(3)21-18)19-10-7-11-23-4/h5-6,8-9,12-13H,7,10-11H2,1-4H3,(H2,19,20,21,22). The van der Waals surface area contributed by atoms with Crippen molar-refractivity contribution in [1.82, 2.24) is 9.97 Å². The molecule has 5 nitrogen and oxygen atoms in total. The summed E-state index contributed by atoms with van der Waals surface area (Å²) in [6, 6.07) is 10.3. The third-order valence-electron chi connectivity index (χ3n) is 3.51. The van der Waals surface area contributed by atoms with Gasteiger partial charge in [0, 0.05) is 32.0 Å². The largest absolute Gasteiger partial charge is 0.385 e. The van der Waals surface area contributed by atoms with Crippen LogP contribution in [0.25, 0.3) is 0 Å². The number of nitrogens with zero attached hydrogens (tertiary/aromatic N) is 2. The van der Waals surface area contributed by atoms with Gasteiger partial charge in [-0.3, -0.25) is 0 Å². The van der Waals surface area contributed by atoms with Crippen LogP contribution in [0.4, 0.5) is 17.3 Å². The lowest BCUT2D eigenvalue weighted by atomic mass is 10.0. The molecule has 0 bridgehead atoms. The number of hydrogen-bond donors (Lipinski definition) is 2. The zero-order chi connectivity index (χ0) is 16.7. The Balaban J connectivity index is 2.12. The lowest BCUT2D eigenvalue weighted by molar-refractivity contribution is 0.198. The highest BCUT2D eigenvalue weighted by atomic mass is 16.5. The number of aromatic nitrogens is 2. The van der Waals surface area contributed by atoms with Crippen LogP contribution in [0.3, 0.4) is 0 Å². The molecule has 0 fully saturated rings. The van der Waals surface area contributed by atoms with Crippen molar-refractivity contribution in [3.63, 3.8) is 0 Å². The van der Waals surface area contributed by atoms with E-state index in [1.54, 1.807) is 7.11 Å². The number of aryl methyl sites for hydroxylation is 1. The van der Waals surface area contributed by atoms with Crippen molar-refractivity contribution in [2.24, 2.45) is 0 Å². The van der Waals surface area contributed by atoms with Crippen molar-refractivity contribution in [3.05, 3.63) is 41.7 Å². The molecule has 0 unspecified atom stereocenters. The molecule has 0 aliphatic carbocycles. The van der Waals surface area contributed by atoms with Crippen LogP contribution in [0.2, 0.25) is 0 Å². The van der Waals surface area contributed by atoms with Crippen molar-refractivity contribution >= 4 is 17.3 Å². The number of hydrogen-bond acceptors (Lipinski definition) is 5. The fourth-order valence-electron chi connectivity index (χ4n) is 2.41. The van der Waals surface area contributed by atoms with Gasteiger partial charge in [-0.15, -0.1) is 0 Å². The molecular weight excluding hydrogens is 288 g/mol. The fraction of sp³-hybridized carbons (Fsp3) is 0.444. The molecule has 2 aromatic rings. The molecule has 124 valence electrons. The Labute approximate surface area is 138 Å². The van der Waals surface area contributed by atoms with Crippen molar-refractivity contribution in [2.45, 2.75) is 33.1 Å². The van der Waals surface area contributed by atoms with Gasteiger partial charge in [0.1, 0.15) is 17.5 Å². The Morgan fingerprint density at radius 1 is 1.13 bits per heavy atom. The first kappa shape index (κ1) is 17.2. The molecule has 1 aromatic heterocycles. The highest BCUT2D eigenvalue weighted by Crippen LogP contribution is 2.26. The average molecular weight is 314 g/mol. The topological polar surface area (TPSA) is 59.1 Å². The van der Waals surface area contributed by atoms with Gasteiger partial charge in [-0.2, -0.15) is 0 Å². The maximum Gasteiger partial charge on any atom is 0.136 e. The third-order valence-corrected chi connectivity index (χ3v) is 3.51. The number of benzene rings is 1. The summed E-state index contributed by atoms with van der Waals surface area (Å²) >= 11 is 0. The molecule has 2 N–H and O–H groups in total. The second-order valence-electron chi connectivity index (χ2n) is 5.83. The Morgan fingerprint density at radius 2 is 1.87 bits per heavy atom. The van der Waals surface area contributed by atoms with Crippen molar-refractivity contribution in [2.75, 3.05) is 30.9 Å². The van der Waals surface area contributed by atoms with Crippen LogP contribution in [0, 0.1) is 6.92 Å². The van der Waals surface area contributed by atoms with Gasteiger partial charge in [-0.05, 0) is 30.9 Å². The molecule has 0 saturated heterocycles. The van der Waals surface area contributed by atoms with Crippen LogP contribution in [-0.4, -0.2) is 30.2 Å². The van der Waals surface area contributed by atoms with E-state index in [9.17, 15) is 0 Å². The lowest BCUT2D eigenvalue weighted by Gasteiger charge is -2.15. The molecule has 0 radical (unpaired) electrons. The molecule has 2 rings (SSSR count). The third kappa shape index (κ3) is 5.21. The minimum absolute atomic E-state index is 0.452. The van der Waals surface area contributed by atoms with Crippen LogP contribution in [0.15, 0.2) is 30.3 Å². The van der Waals surface area contributed by atoms with E-state index < -0.39 is 0 Å². The minimum atomic E-state index is 0.452. The summed E-state index contributed by atoms with van der Waals surface area (Å²) in [7, 11) is 1.71. The van der Waals surface area contributed by atoms with Crippen LogP contribution in [0.1, 0.15) is 37.6 Å². The summed E-state index contributed by atoms with van der Waals surface area (Å²) in [5, 5.41) is 6.73. The van der Waals surface area contributed by atoms with Crippen molar-refractivity contribution in [3.8, 4) is 0 Å². The van der Waals surface area contributed by atoms with Gasteiger partial charge in [0.25, 0.3) is 0 Å². The number of rotatable bonds is 8. The van der Waals surface area contributed by atoms with E-state index >= 15 is 0 Å². The van der Waals surface area contributed by atoms with Crippen LogP contribution in [0.5, 0.6) is 0 Å². The average Bonchev–Trinajstić information content (AvgIpc) is 2.51. The smallest absolute Gasteiger partial charge is 0.136 e. The summed E-state index contributed by atoms with van der Waals surface area (Å²) in [5.41, 5.74) is 2.37. The normalized spacial score (nSPS) is 10.8. The van der Waals surface area contributed by atoms with Gasteiger partial charge in [0.05, 0.1) is 0 Å². The number of ether oxygens (including phenoxy) is 1. The van der Waals surface area contributed by atoms with Gasteiger partial charge < -0.3 is 15.4 Å². The number of anilines is 3. The SMILES string of the molecule is COCCCNc1cc(Nc2ccccc2C(C)C)nc(C)n1. The van der Waals surface area contributed by atoms with Crippen LogP contribution < -0.4 is 10.6 Å². The Bertz CT molecular complexity index is 628. The quantitative estimate of drug-likeness (QED) is 0.718. The number of methoxy groups -OCH3 is 1. The van der Waals surface area contributed by atoms with Crippen LogP contribution >= 0.6 is 0 Å². The minimum Gasteiger partial charge on any atom is -0.385 e. The molecule has 5 heteroatoms. The van der Waals surface area contributed by atoms with E-state index in [1.165, 1.54) is 5.56 Å². The first-order chi connectivity index (χ1) is 11.1. The maximum absolute atomic E-state index is 5.06. The second-order valence-corrected chi connectivity index (χ2v) is 5.83. The zero-order valence-corrected chi connectivity index (χ0v) is 14.4. The summed E-state index contributed by atoms with van der Waals surface area (Å²) in [6.45, 7) is 7.85. The predicted octanol–water partition coefficient (Wildman–Crippen LogP) is 4.10. The van der Waals surface area contributed by atoms with Gasteiger partial charge >= 0.3 is 0 Å². The van der Waals surface area contributed by atoms with Gasteiger partial charge in [-0.25, -0.2) is 9.97 Å². The van der Waals surface area contributed by atoms with E-state index in [4.69, 9.17) is 4.74 Å². The highest BCUT2D eigenvalue weighted by molar-refractivity contribution is 5.63. The molecule has 0 atom stereocenters. The number of nitrogens with one attached hydrogen (secondary N) is 2. The van der Waals surface area contributed by atoms with Crippen molar-refractivity contribution in [1.29, 1.82) is 0 Å². The summed E-state index contributed by atoms with van der Waals surface area (Å²) < 4.78 is 5.06. The molecule has 0 aliphatic rings. The van der Waals surface area contributed by atoms with E-state index in [1.807, 2.05) is 19.1 Å². The Hall–Kier alpha value is -2.14. The maximum atomic E-state index is 5.06. The first-order valence-corrected chi connectivity index (χ1v) is 8.04. The Kier molecular flexibility index (Phi) is 6.35. The van der Waals surface area contributed by atoms with Gasteiger partial charge in [0.2, 0.25) is 0 Å². The summed E-state index contributed by atoms with van der Waals surface area (Å²) in [6.07, 6.45) is 0.943. The summed E-state index contributed by atoms with van der Waals surface area (Å²) in [5.74, 6) is 2.83. The van der Waals surface area contributed by atoms with E-state index in [0.717, 1.165) is 42.7 Å². The van der Waals surface area contributed by atoms with Gasteiger partial charge in [0.15, 0.2) is 0 Å². The molecular formula is C18H26N4O. The van der Waals surface area contributed by atoms with Crippen LogP contribution in [-0.2, 0) is 4.74 Å². The summed E-state index contributed by atoms with van der Waals surface area (Å²) in [4.78, 5) is 8.91. The van der Waals surface area contributed by atoms with Crippen molar-refractivity contribution < 1.29 is 4.74 Å². The molecule has 0 amide bonds. The van der Waals surface area contributed by atoms with Gasteiger partial charge in [-0.1, -0.05) is 32.0 Å². The molecule has 0 saturated carbocycles. The molecule has 0 spiro atoms. The zero-order valence-electron chi connectivity index (χ0n) is 14.4. The highest BCUT2D eigenvalue weighted by Gasteiger charge is 2.08. The second kappa shape index (κ2) is 8.48. The van der Waals surface area contributed by atoms with E-state index in [0.29, 0.717) is 5.92 Å². The van der Waals surface area contributed by atoms with E-state index in [-0.39, 0.29) is 0 Å². The lowest BCUT2D eigenvalue weighted by Crippen LogP contribution is -2.08. The molecule has 0 aliphatic heterocycles. The predicted molar refractivity (Wildman–Crippen MR) is 95.6 cm³/mol. The molecule has 23 heavy (non-hydrogen) atoms. The number of para-hydroxylation sites is 1. The molecule has 1 aromatic carbocycles. The monoisotopic (exact) mass is 314 g/mol.